The van der Waals surface area contributed by atoms with Crippen molar-refractivity contribution in [1.29, 1.82) is 0 Å². The van der Waals surface area contributed by atoms with E-state index >= 15 is 0 Å². The molecule has 2 rings (SSSR count). The number of aromatic nitrogens is 1. The number of rotatable bonds is 3. The maximum absolute atomic E-state index is 13.2. The average Bonchev–Trinajstić information content (AvgIpc) is 2.43. The first-order chi connectivity index (χ1) is 9.10. The van der Waals surface area contributed by atoms with Crippen molar-refractivity contribution >= 4 is 17.4 Å². The quantitative estimate of drug-likeness (QED) is 0.392. The molecule has 1 aromatic carbocycles. The summed E-state index contributed by atoms with van der Waals surface area (Å²) in [5, 5.41) is 11.4. The lowest BCUT2D eigenvalue weighted by molar-refractivity contribution is 0.318. The second-order valence-electron chi connectivity index (χ2n) is 3.55. The standard InChI is InChI=1S/C12H9ClFN3O2/c13-9-3-2-8(5-10(9)14)19-11-4-1-7(6-16-11)12(15)17-18/h1-6,18H,(H2,15,17). The molecule has 19 heavy (non-hydrogen) atoms. The van der Waals surface area contributed by atoms with Crippen LogP contribution in [0, 0.1) is 5.82 Å². The van der Waals surface area contributed by atoms with E-state index in [9.17, 15) is 4.39 Å². The number of nitrogens with zero attached hydrogens (tertiary/aromatic N) is 2. The van der Waals surface area contributed by atoms with Gasteiger partial charge in [0.1, 0.15) is 11.6 Å². The summed E-state index contributed by atoms with van der Waals surface area (Å²) in [6, 6.07) is 7.13. The summed E-state index contributed by atoms with van der Waals surface area (Å²) in [6.07, 6.45) is 1.37. The minimum absolute atomic E-state index is 0.0163. The van der Waals surface area contributed by atoms with Crippen molar-refractivity contribution in [3.8, 4) is 11.6 Å². The highest BCUT2D eigenvalue weighted by Crippen LogP contribution is 2.24. The van der Waals surface area contributed by atoms with Crippen LogP contribution in [-0.4, -0.2) is 16.0 Å². The second-order valence-corrected chi connectivity index (χ2v) is 3.96. The van der Waals surface area contributed by atoms with Crippen LogP contribution in [0.15, 0.2) is 41.7 Å². The third-order valence-electron chi connectivity index (χ3n) is 2.25. The first-order valence-corrected chi connectivity index (χ1v) is 5.55. The number of hydrogen-bond acceptors (Lipinski definition) is 4. The van der Waals surface area contributed by atoms with Gasteiger partial charge in [-0.3, -0.25) is 0 Å². The van der Waals surface area contributed by atoms with E-state index in [1.54, 1.807) is 6.07 Å². The summed E-state index contributed by atoms with van der Waals surface area (Å²) in [5.41, 5.74) is 5.83. The van der Waals surface area contributed by atoms with Crippen molar-refractivity contribution in [3.05, 3.63) is 52.9 Å². The molecule has 0 unspecified atom stereocenters. The molecule has 3 N–H and O–H groups in total. The maximum atomic E-state index is 13.2. The molecule has 0 radical (unpaired) electrons. The monoisotopic (exact) mass is 281 g/mol. The lowest BCUT2D eigenvalue weighted by Gasteiger charge is -2.05. The summed E-state index contributed by atoms with van der Waals surface area (Å²) in [4.78, 5) is 3.95. The molecule has 0 spiro atoms. The highest BCUT2D eigenvalue weighted by Gasteiger charge is 2.05. The van der Waals surface area contributed by atoms with Crippen LogP contribution in [0.2, 0.25) is 5.02 Å². The molecular formula is C12H9ClFN3O2. The fourth-order valence-electron chi connectivity index (χ4n) is 1.31. The average molecular weight is 282 g/mol. The van der Waals surface area contributed by atoms with E-state index in [4.69, 9.17) is 27.3 Å². The van der Waals surface area contributed by atoms with Crippen LogP contribution in [0.25, 0.3) is 0 Å². The first-order valence-electron chi connectivity index (χ1n) is 5.17. The molecule has 0 saturated carbocycles. The zero-order chi connectivity index (χ0) is 13.8. The van der Waals surface area contributed by atoms with Gasteiger partial charge in [-0.15, -0.1) is 0 Å². The highest BCUT2D eigenvalue weighted by atomic mass is 35.5. The molecule has 0 saturated heterocycles. The molecule has 1 heterocycles. The topological polar surface area (TPSA) is 80.7 Å². The van der Waals surface area contributed by atoms with Crippen LogP contribution >= 0.6 is 11.6 Å². The summed E-state index contributed by atoms with van der Waals surface area (Å²) in [6.45, 7) is 0. The Morgan fingerprint density at radius 1 is 1.37 bits per heavy atom. The Morgan fingerprint density at radius 3 is 2.74 bits per heavy atom. The molecule has 2 aromatic rings. The molecule has 5 nitrogen and oxygen atoms in total. The third-order valence-corrected chi connectivity index (χ3v) is 2.56. The second kappa shape index (κ2) is 5.53. The van der Waals surface area contributed by atoms with Gasteiger partial charge in [-0.1, -0.05) is 16.8 Å². The van der Waals surface area contributed by atoms with E-state index < -0.39 is 5.82 Å². The normalized spacial score (nSPS) is 11.4. The van der Waals surface area contributed by atoms with E-state index in [1.165, 1.54) is 24.4 Å². The number of halogens is 2. The smallest absolute Gasteiger partial charge is 0.219 e. The van der Waals surface area contributed by atoms with Crippen LogP contribution in [0.4, 0.5) is 4.39 Å². The fourth-order valence-corrected chi connectivity index (χ4v) is 1.43. The van der Waals surface area contributed by atoms with Crippen molar-refractivity contribution < 1.29 is 14.3 Å². The number of amidine groups is 1. The molecule has 0 atom stereocenters. The third kappa shape index (κ3) is 3.11. The molecule has 7 heteroatoms. The largest absolute Gasteiger partial charge is 0.439 e. The highest BCUT2D eigenvalue weighted by molar-refractivity contribution is 6.30. The van der Waals surface area contributed by atoms with E-state index in [1.807, 2.05) is 0 Å². The van der Waals surface area contributed by atoms with Gasteiger partial charge in [-0.05, 0) is 18.2 Å². The lowest BCUT2D eigenvalue weighted by Crippen LogP contribution is -2.13. The molecule has 0 aliphatic carbocycles. The van der Waals surface area contributed by atoms with E-state index in [0.29, 0.717) is 5.56 Å². The van der Waals surface area contributed by atoms with Crippen LogP contribution in [-0.2, 0) is 0 Å². The van der Waals surface area contributed by atoms with Crippen LogP contribution in [0.3, 0.4) is 0 Å². The van der Waals surface area contributed by atoms with Gasteiger partial charge < -0.3 is 15.7 Å². The van der Waals surface area contributed by atoms with E-state index in [-0.39, 0.29) is 22.5 Å². The number of hydrogen-bond donors (Lipinski definition) is 2. The van der Waals surface area contributed by atoms with Gasteiger partial charge in [0.25, 0.3) is 0 Å². The molecule has 98 valence electrons. The Bertz CT molecular complexity index is 617. The molecule has 0 fully saturated rings. The van der Waals surface area contributed by atoms with Crippen LogP contribution in [0.1, 0.15) is 5.56 Å². The van der Waals surface area contributed by atoms with Gasteiger partial charge in [0.15, 0.2) is 5.84 Å². The van der Waals surface area contributed by atoms with Crippen molar-refractivity contribution in [2.75, 3.05) is 0 Å². The number of pyridine rings is 1. The number of ether oxygens (including phenoxy) is 1. The minimum Gasteiger partial charge on any atom is -0.439 e. The zero-order valence-electron chi connectivity index (χ0n) is 9.55. The molecular weight excluding hydrogens is 273 g/mol. The van der Waals surface area contributed by atoms with Crippen LogP contribution < -0.4 is 10.5 Å². The van der Waals surface area contributed by atoms with Crippen molar-refractivity contribution in [2.24, 2.45) is 10.9 Å². The summed E-state index contributed by atoms with van der Waals surface area (Å²) < 4.78 is 18.5. The van der Waals surface area contributed by atoms with Crippen LogP contribution in [0.5, 0.6) is 11.6 Å². The Morgan fingerprint density at radius 2 is 2.16 bits per heavy atom. The SMILES string of the molecule is N/C(=N/O)c1ccc(Oc2ccc(Cl)c(F)c2)nc1. The summed E-state index contributed by atoms with van der Waals surface area (Å²) in [5.74, 6) is -0.119. The molecule has 0 bridgehead atoms. The predicted molar refractivity (Wildman–Crippen MR) is 68.2 cm³/mol. The summed E-state index contributed by atoms with van der Waals surface area (Å²) in [7, 11) is 0. The Balaban J connectivity index is 2.17. The van der Waals surface area contributed by atoms with Crippen molar-refractivity contribution in [2.45, 2.75) is 0 Å². The fraction of sp³-hybridized carbons (Fsp3) is 0. The lowest BCUT2D eigenvalue weighted by atomic mass is 10.3. The predicted octanol–water partition coefficient (Wildman–Crippen LogP) is 2.76. The maximum Gasteiger partial charge on any atom is 0.219 e. The Labute approximate surface area is 113 Å². The van der Waals surface area contributed by atoms with Crippen molar-refractivity contribution in [3.63, 3.8) is 0 Å². The molecule has 0 amide bonds. The minimum atomic E-state index is -0.576. The van der Waals surface area contributed by atoms with E-state index in [0.717, 1.165) is 6.07 Å². The van der Waals surface area contributed by atoms with Gasteiger partial charge in [-0.25, -0.2) is 9.37 Å². The van der Waals surface area contributed by atoms with Gasteiger partial charge in [-0.2, -0.15) is 0 Å². The first kappa shape index (κ1) is 13.1. The number of nitrogens with two attached hydrogens (primary N) is 1. The summed E-state index contributed by atoms with van der Waals surface area (Å²) >= 11 is 5.56. The van der Waals surface area contributed by atoms with Gasteiger partial charge in [0.2, 0.25) is 5.88 Å². The molecule has 0 aliphatic rings. The number of oxime groups is 1. The zero-order valence-corrected chi connectivity index (χ0v) is 10.3. The molecule has 1 aromatic heterocycles. The Kier molecular flexibility index (Phi) is 3.82. The molecule has 0 aliphatic heterocycles. The van der Waals surface area contributed by atoms with Gasteiger partial charge in [0.05, 0.1) is 5.02 Å². The Hall–Kier alpha value is -2.34. The van der Waals surface area contributed by atoms with E-state index in [2.05, 4.69) is 10.1 Å². The number of benzene rings is 1. The van der Waals surface area contributed by atoms with Gasteiger partial charge in [0, 0.05) is 23.9 Å². The van der Waals surface area contributed by atoms with Crippen molar-refractivity contribution in [1.82, 2.24) is 4.98 Å². The van der Waals surface area contributed by atoms with Gasteiger partial charge >= 0.3 is 0 Å².